The van der Waals surface area contributed by atoms with Crippen LogP contribution in [0.2, 0.25) is 0 Å². The van der Waals surface area contributed by atoms with Crippen LogP contribution in [-0.2, 0) is 16.6 Å². The number of hydrogen-bond acceptors (Lipinski definition) is 6. The van der Waals surface area contributed by atoms with Crippen molar-refractivity contribution in [1.82, 2.24) is 9.71 Å². The zero-order valence-electron chi connectivity index (χ0n) is 19.0. The van der Waals surface area contributed by atoms with Crippen LogP contribution in [0.1, 0.15) is 28.8 Å². The highest BCUT2D eigenvalue weighted by molar-refractivity contribution is 7.89. The van der Waals surface area contributed by atoms with E-state index in [-0.39, 0.29) is 17.7 Å². The van der Waals surface area contributed by atoms with E-state index in [1.165, 1.54) is 25.0 Å². The fourth-order valence-corrected chi connectivity index (χ4v) is 4.00. The third-order valence-electron chi connectivity index (χ3n) is 5.52. The molecule has 2 aromatic carbocycles. The number of rotatable bonds is 9. The molecule has 0 saturated heterocycles. The second kappa shape index (κ2) is 9.80. The number of sulfonamides is 1. The number of benzene rings is 2. The number of carbonyl (C=O) groups excluding carboxylic acids is 1. The van der Waals surface area contributed by atoms with Crippen molar-refractivity contribution >= 4 is 21.7 Å². The van der Waals surface area contributed by atoms with Crippen molar-refractivity contribution in [1.29, 1.82) is 0 Å². The molecule has 3 aromatic rings. The molecule has 0 atom stereocenters. The predicted octanol–water partition coefficient (Wildman–Crippen LogP) is 4.00. The number of amides is 1. The number of nitrogens with one attached hydrogen (secondary N) is 1. The Morgan fingerprint density at radius 2 is 1.91 bits per heavy atom. The molecule has 9 heteroatoms. The molecule has 0 unspecified atom stereocenters. The van der Waals surface area contributed by atoms with E-state index in [1.54, 1.807) is 12.3 Å². The average molecular weight is 484 g/mol. The van der Waals surface area contributed by atoms with Crippen molar-refractivity contribution in [2.75, 3.05) is 24.7 Å². The smallest absolute Gasteiger partial charge is 0.264 e. The second-order valence-corrected chi connectivity index (χ2v) is 10.3. The van der Waals surface area contributed by atoms with Gasteiger partial charge in [-0.15, -0.1) is 0 Å². The largest absolute Gasteiger partial charge is 0.489 e. The topological polar surface area (TPSA) is 88.6 Å². The molecule has 1 aliphatic carbocycles. The molecule has 0 radical (unpaired) electrons. The van der Waals surface area contributed by atoms with E-state index in [9.17, 15) is 17.6 Å². The van der Waals surface area contributed by atoms with Gasteiger partial charge < -0.3 is 9.64 Å². The van der Waals surface area contributed by atoms with Crippen LogP contribution in [0.5, 0.6) is 5.75 Å². The van der Waals surface area contributed by atoms with Gasteiger partial charge in [-0.1, -0.05) is 18.2 Å². The van der Waals surface area contributed by atoms with Crippen LogP contribution in [0.3, 0.4) is 0 Å². The third-order valence-corrected chi connectivity index (χ3v) is 6.08. The van der Waals surface area contributed by atoms with E-state index in [2.05, 4.69) is 16.9 Å². The lowest BCUT2D eigenvalue weighted by Gasteiger charge is -2.18. The van der Waals surface area contributed by atoms with Gasteiger partial charge in [0.15, 0.2) is 0 Å². The quantitative estimate of drug-likeness (QED) is 0.495. The monoisotopic (exact) mass is 483 g/mol. The maximum atomic E-state index is 14.5. The van der Waals surface area contributed by atoms with E-state index in [4.69, 9.17) is 4.74 Å². The molecule has 1 amide bonds. The molecule has 1 saturated carbocycles. The first kappa shape index (κ1) is 23.7. The molecule has 1 N–H and O–H groups in total. The molecule has 0 bridgehead atoms. The zero-order valence-corrected chi connectivity index (χ0v) is 19.8. The van der Waals surface area contributed by atoms with Crippen LogP contribution in [0.25, 0.3) is 11.1 Å². The second-order valence-electron chi connectivity index (χ2n) is 8.55. The highest BCUT2D eigenvalue weighted by atomic mass is 32.2. The first-order valence-electron chi connectivity index (χ1n) is 10.9. The Morgan fingerprint density at radius 1 is 1.15 bits per heavy atom. The summed E-state index contributed by atoms with van der Waals surface area (Å²) < 4.78 is 44.5. The van der Waals surface area contributed by atoms with Gasteiger partial charge in [0.05, 0.1) is 6.26 Å². The standard InChI is InChI=1S/C25H26FN3O4S/c1-29(15-17-6-7-17)24-14-19(10-11-27-24)18-4-3-5-22(12-18)33-16-21-9-8-20(13-23(21)26)25(30)28-34(2,31)32/h3-5,8-14,17H,6-7,15-16H2,1-2H3,(H,28,30). The summed E-state index contributed by atoms with van der Waals surface area (Å²) in [5.41, 5.74) is 2.11. The highest BCUT2D eigenvalue weighted by Crippen LogP contribution is 2.31. The molecule has 7 nitrogen and oxygen atoms in total. The number of hydrogen-bond donors (Lipinski definition) is 1. The Hall–Kier alpha value is -3.46. The Kier molecular flexibility index (Phi) is 6.83. The number of pyridine rings is 1. The summed E-state index contributed by atoms with van der Waals surface area (Å²) >= 11 is 0. The van der Waals surface area contributed by atoms with Gasteiger partial charge in [0.1, 0.15) is 24.0 Å². The van der Waals surface area contributed by atoms with Gasteiger partial charge in [-0.2, -0.15) is 0 Å². The molecule has 0 aliphatic heterocycles. The molecular weight excluding hydrogens is 457 g/mol. The van der Waals surface area contributed by atoms with Crippen molar-refractivity contribution in [3.8, 4) is 16.9 Å². The summed E-state index contributed by atoms with van der Waals surface area (Å²) in [4.78, 5) is 18.6. The van der Waals surface area contributed by atoms with Crippen LogP contribution in [0.4, 0.5) is 10.2 Å². The SMILES string of the molecule is CN(CC1CC1)c1cc(-c2cccc(OCc3ccc(C(=O)NS(C)(=O)=O)cc3F)c2)ccn1. The molecule has 1 heterocycles. The van der Waals surface area contributed by atoms with Crippen LogP contribution < -0.4 is 14.4 Å². The molecule has 178 valence electrons. The average Bonchev–Trinajstić information content (AvgIpc) is 3.61. The minimum atomic E-state index is -3.73. The first-order chi connectivity index (χ1) is 16.2. The highest BCUT2D eigenvalue weighted by Gasteiger charge is 2.23. The zero-order chi connectivity index (χ0) is 24.3. The van der Waals surface area contributed by atoms with Crippen molar-refractivity contribution in [2.24, 2.45) is 5.92 Å². The summed E-state index contributed by atoms with van der Waals surface area (Å²) in [6.45, 7) is 0.953. The number of anilines is 1. The van der Waals surface area contributed by atoms with E-state index in [0.717, 1.165) is 41.7 Å². The molecule has 1 fully saturated rings. The lowest BCUT2D eigenvalue weighted by Crippen LogP contribution is -2.29. The number of ether oxygens (including phenoxy) is 1. The summed E-state index contributed by atoms with van der Waals surface area (Å²) in [5, 5.41) is 0. The lowest BCUT2D eigenvalue weighted by atomic mass is 10.1. The number of halogens is 1. The molecule has 4 rings (SSSR count). The maximum Gasteiger partial charge on any atom is 0.264 e. The minimum absolute atomic E-state index is 0.0466. The van der Waals surface area contributed by atoms with Gasteiger partial charge in [0.2, 0.25) is 10.0 Å². The Bertz CT molecular complexity index is 1310. The Morgan fingerprint density at radius 3 is 2.62 bits per heavy atom. The van der Waals surface area contributed by atoms with Gasteiger partial charge in [-0.25, -0.2) is 22.5 Å². The van der Waals surface area contributed by atoms with Crippen molar-refractivity contribution in [2.45, 2.75) is 19.4 Å². The predicted molar refractivity (Wildman–Crippen MR) is 129 cm³/mol. The summed E-state index contributed by atoms with van der Waals surface area (Å²) in [6, 6.07) is 15.2. The van der Waals surface area contributed by atoms with E-state index >= 15 is 0 Å². The number of carbonyl (C=O) groups is 1. The van der Waals surface area contributed by atoms with Gasteiger partial charge >= 0.3 is 0 Å². The van der Waals surface area contributed by atoms with E-state index < -0.39 is 21.7 Å². The van der Waals surface area contributed by atoms with Gasteiger partial charge in [0.25, 0.3) is 5.91 Å². The Labute approximate surface area is 198 Å². The van der Waals surface area contributed by atoms with Crippen molar-refractivity contribution in [3.63, 3.8) is 0 Å². The van der Waals surface area contributed by atoms with E-state index in [1.807, 2.05) is 35.1 Å². The maximum absolute atomic E-state index is 14.5. The van der Waals surface area contributed by atoms with Crippen LogP contribution >= 0.6 is 0 Å². The van der Waals surface area contributed by atoms with E-state index in [0.29, 0.717) is 5.75 Å². The summed E-state index contributed by atoms with van der Waals surface area (Å²) in [6.07, 6.45) is 5.20. The third kappa shape index (κ3) is 6.32. The summed E-state index contributed by atoms with van der Waals surface area (Å²) in [7, 11) is -1.68. The molecule has 1 aliphatic rings. The minimum Gasteiger partial charge on any atom is -0.489 e. The fourth-order valence-electron chi connectivity index (χ4n) is 3.55. The van der Waals surface area contributed by atoms with Crippen molar-refractivity contribution < 1.29 is 22.3 Å². The Balaban J connectivity index is 1.44. The van der Waals surface area contributed by atoms with Crippen LogP contribution in [0, 0.1) is 11.7 Å². The molecule has 0 spiro atoms. The molecular formula is C25H26FN3O4S. The van der Waals surface area contributed by atoms with Crippen LogP contribution in [0.15, 0.2) is 60.8 Å². The summed E-state index contributed by atoms with van der Waals surface area (Å²) in [5.74, 6) is 0.699. The lowest BCUT2D eigenvalue weighted by molar-refractivity contribution is 0.0981. The normalized spacial score (nSPS) is 13.4. The van der Waals surface area contributed by atoms with Gasteiger partial charge in [-0.05, 0) is 66.3 Å². The van der Waals surface area contributed by atoms with Crippen LogP contribution in [-0.4, -0.2) is 39.2 Å². The fraction of sp³-hybridized carbons (Fsp3) is 0.280. The first-order valence-corrected chi connectivity index (χ1v) is 12.8. The number of aromatic nitrogens is 1. The molecule has 34 heavy (non-hydrogen) atoms. The van der Waals surface area contributed by atoms with Gasteiger partial charge in [0, 0.05) is 30.9 Å². The number of nitrogens with zero attached hydrogens (tertiary/aromatic N) is 2. The molecule has 1 aromatic heterocycles. The van der Waals surface area contributed by atoms with Crippen molar-refractivity contribution in [3.05, 3.63) is 77.7 Å². The van der Waals surface area contributed by atoms with Gasteiger partial charge in [-0.3, -0.25) is 4.79 Å².